The first-order valence-corrected chi connectivity index (χ1v) is 13.2. The number of carbonyl (C=O) groups excluding carboxylic acids is 2. The number of piperazine rings is 1. The van der Waals surface area contributed by atoms with Crippen molar-refractivity contribution in [3.63, 3.8) is 0 Å². The van der Waals surface area contributed by atoms with E-state index < -0.39 is 0 Å². The van der Waals surface area contributed by atoms with Crippen LogP contribution < -0.4 is 20.5 Å². The Morgan fingerprint density at radius 1 is 1.11 bits per heavy atom. The molecule has 3 aliphatic rings. The van der Waals surface area contributed by atoms with Crippen molar-refractivity contribution in [2.45, 2.75) is 38.1 Å². The van der Waals surface area contributed by atoms with Gasteiger partial charge in [0, 0.05) is 38.1 Å². The second-order valence-electron chi connectivity index (χ2n) is 10.3. The highest BCUT2D eigenvalue weighted by Crippen LogP contribution is 2.36. The van der Waals surface area contributed by atoms with Gasteiger partial charge in [0.2, 0.25) is 5.91 Å². The van der Waals surface area contributed by atoms with Gasteiger partial charge in [0.15, 0.2) is 5.65 Å². The molecule has 3 fully saturated rings. The summed E-state index contributed by atoms with van der Waals surface area (Å²) >= 11 is 0. The summed E-state index contributed by atoms with van der Waals surface area (Å²) in [4.78, 5) is 41.8. The van der Waals surface area contributed by atoms with Gasteiger partial charge in [-0.15, -0.1) is 0 Å². The number of carbonyl (C=O) groups is 2. The molecule has 1 aliphatic carbocycles. The number of nitrogens with zero attached hydrogens (tertiary/aromatic N) is 4. The fourth-order valence-corrected chi connectivity index (χ4v) is 6.17. The summed E-state index contributed by atoms with van der Waals surface area (Å²) in [6, 6.07) is 8.10. The van der Waals surface area contributed by atoms with Crippen LogP contribution in [0, 0.1) is 11.8 Å². The van der Waals surface area contributed by atoms with E-state index in [1.165, 1.54) is 0 Å². The van der Waals surface area contributed by atoms with E-state index in [1.54, 1.807) is 13.4 Å². The lowest BCUT2D eigenvalue weighted by molar-refractivity contribution is -0.133. The molecule has 0 bridgehead atoms. The largest absolute Gasteiger partial charge is 0.496 e. The smallest absolute Gasteiger partial charge is 0.257 e. The van der Waals surface area contributed by atoms with E-state index in [2.05, 4.69) is 36.8 Å². The predicted octanol–water partition coefficient (Wildman–Crippen LogP) is 2.28. The van der Waals surface area contributed by atoms with Crippen molar-refractivity contribution in [3.8, 4) is 5.75 Å². The summed E-state index contributed by atoms with van der Waals surface area (Å²) in [7, 11) is 1.60. The summed E-state index contributed by atoms with van der Waals surface area (Å²) < 4.78 is 5.58. The van der Waals surface area contributed by atoms with Gasteiger partial charge >= 0.3 is 0 Å². The zero-order valence-electron chi connectivity index (χ0n) is 21.1. The maximum Gasteiger partial charge on any atom is 0.257 e. The number of nitrogens with one attached hydrogen (secondary N) is 3. The number of amides is 2. The molecule has 1 saturated carbocycles. The minimum Gasteiger partial charge on any atom is -0.496 e. The van der Waals surface area contributed by atoms with Crippen LogP contribution in [0.2, 0.25) is 0 Å². The van der Waals surface area contributed by atoms with Crippen LogP contribution in [0.1, 0.15) is 41.6 Å². The normalized spacial score (nSPS) is 24.0. The zero-order valence-corrected chi connectivity index (χ0v) is 21.1. The van der Waals surface area contributed by atoms with Crippen LogP contribution in [-0.4, -0.2) is 71.0 Å². The average Bonchev–Trinajstić information content (AvgIpc) is 3.42. The number of hydrogen-bond acceptors (Lipinski definition) is 7. The van der Waals surface area contributed by atoms with Crippen LogP contribution in [0.15, 0.2) is 36.8 Å². The molecule has 0 spiro atoms. The molecule has 2 aliphatic heterocycles. The van der Waals surface area contributed by atoms with E-state index in [1.807, 2.05) is 29.3 Å². The molecular formula is C27H33N7O3. The fourth-order valence-electron chi connectivity index (χ4n) is 6.17. The maximum absolute atomic E-state index is 13.6. The molecule has 1 aromatic carbocycles. The number of hydrogen-bond donors (Lipinski definition) is 3. The molecule has 4 heterocycles. The van der Waals surface area contributed by atoms with Crippen molar-refractivity contribution in [1.82, 2.24) is 30.7 Å². The van der Waals surface area contributed by atoms with E-state index in [0.29, 0.717) is 36.0 Å². The molecule has 6 rings (SSSR count). The number of fused-ring (bicyclic) bond motifs is 2. The molecule has 37 heavy (non-hydrogen) atoms. The molecular weight excluding hydrogens is 470 g/mol. The Bertz CT molecular complexity index is 1300. The lowest BCUT2D eigenvalue weighted by Crippen LogP contribution is -2.60. The molecule has 194 valence electrons. The first-order valence-electron chi connectivity index (χ1n) is 13.2. The highest BCUT2D eigenvalue weighted by atomic mass is 16.5. The van der Waals surface area contributed by atoms with Gasteiger partial charge in [-0.3, -0.25) is 15.0 Å². The standard InChI is InChI=1S/C27H33N7O3/c1-37-24-7-6-17(13-22-19-4-2-3-5-20(19)26(35)32-31-22)12-21(24)27(36)34-10-8-33(9-11-34)18-14-23-25(28-15-18)30-16-29-23/h6-7,12,14-16,19-20,22,31H,2-5,8-11,13H2,1H3,(H,32,35)(H,28,29,30). The molecule has 3 unspecified atom stereocenters. The molecule has 3 N–H and O–H groups in total. The predicted molar refractivity (Wildman–Crippen MR) is 139 cm³/mol. The number of anilines is 1. The quantitative estimate of drug-likeness (QED) is 0.489. The Morgan fingerprint density at radius 2 is 1.95 bits per heavy atom. The van der Waals surface area contributed by atoms with E-state index in [-0.39, 0.29) is 23.8 Å². The van der Waals surface area contributed by atoms with E-state index >= 15 is 0 Å². The van der Waals surface area contributed by atoms with E-state index in [4.69, 9.17) is 4.74 Å². The number of rotatable bonds is 5. The van der Waals surface area contributed by atoms with Crippen molar-refractivity contribution in [2.75, 3.05) is 38.2 Å². The fraction of sp³-hybridized carbons (Fsp3) is 0.481. The molecule has 2 amide bonds. The first kappa shape index (κ1) is 23.7. The van der Waals surface area contributed by atoms with Gasteiger partial charge in [0.1, 0.15) is 5.75 Å². The Labute approximate surface area is 215 Å². The van der Waals surface area contributed by atoms with Crippen LogP contribution in [-0.2, 0) is 11.2 Å². The van der Waals surface area contributed by atoms with Crippen molar-refractivity contribution in [3.05, 3.63) is 47.9 Å². The number of pyridine rings is 1. The van der Waals surface area contributed by atoms with Crippen molar-refractivity contribution in [2.24, 2.45) is 11.8 Å². The average molecular weight is 504 g/mol. The lowest BCUT2D eigenvalue weighted by Gasteiger charge is -2.41. The van der Waals surface area contributed by atoms with Crippen LogP contribution in [0.3, 0.4) is 0 Å². The Hall–Kier alpha value is -3.66. The highest BCUT2D eigenvalue weighted by Gasteiger charge is 2.40. The first-order chi connectivity index (χ1) is 18.1. The summed E-state index contributed by atoms with van der Waals surface area (Å²) in [5, 5.41) is 0. The van der Waals surface area contributed by atoms with Gasteiger partial charge < -0.3 is 19.5 Å². The van der Waals surface area contributed by atoms with Gasteiger partial charge in [-0.05, 0) is 48.9 Å². The second kappa shape index (κ2) is 10.0. The Morgan fingerprint density at radius 3 is 2.78 bits per heavy atom. The minimum absolute atomic E-state index is 0.0130. The number of imidazole rings is 1. The number of H-pyrrole nitrogens is 1. The number of benzene rings is 1. The summed E-state index contributed by atoms with van der Waals surface area (Å²) in [5.41, 5.74) is 10.4. The van der Waals surface area contributed by atoms with Crippen molar-refractivity contribution >= 4 is 28.7 Å². The van der Waals surface area contributed by atoms with E-state index in [0.717, 1.165) is 62.0 Å². The number of aromatic nitrogens is 3. The topological polar surface area (TPSA) is 115 Å². The Balaban J connectivity index is 1.15. The van der Waals surface area contributed by atoms with E-state index in [9.17, 15) is 9.59 Å². The number of hydrazine groups is 1. The SMILES string of the molecule is COc1ccc(CC2NNC(=O)C3CCCCC23)cc1C(=O)N1CCN(c2cnc3nc[nH]c3c2)CC1. The van der Waals surface area contributed by atoms with Crippen LogP contribution in [0.25, 0.3) is 11.2 Å². The van der Waals surface area contributed by atoms with Crippen LogP contribution in [0.5, 0.6) is 5.75 Å². The molecule has 3 atom stereocenters. The number of methoxy groups -OCH3 is 1. The van der Waals surface area contributed by atoms with Gasteiger partial charge in [-0.2, -0.15) is 0 Å². The molecule has 10 nitrogen and oxygen atoms in total. The molecule has 2 aromatic heterocycles. The lowest BCUT2D eigenvalue weighted by atomic mass is 9.72. The molecule has 0 radical (unpaired) electrons. The maximum atomic E-state index is 13.6. The summed E-state index contributed by atoms with van der Waals surface area (Å²) in [6.45, 7) is 2.69. The summed E-state index contributed by atoms with van der Waals surface area (Å²) in [6.07, 6.45) is 8.53. The minimum atomic E-state index is -0.0130. The second-order valence-corrected chi connectivity index (χ2v) is 10.3. The molecule has 3 aromatic rings. The van der Waals surface area contributed by atoms with Gasteiger partial charge in [0.05, 0.1) is 36.4 Å². The summed E-state index contributed by atoms with van der Waals surface area (Å²) in [5.74, 6) is 1.10. The molecule has 2 saturated heterocycles. The number of aromatic amines is 1. The van der Waals surface area contributed by atoms with Crippen molar-refractivity contribution < 1.29 is 14.3 Å². The van der Waals surface area contributed by atoms with Crippen LogP contribution in [0.4, 0.5) is 5.69 Å². The Kier molecular flexibility index (Phi) is 6.42. The zero-order chi connectivity index (χ0) is 25.4. The third-order valence-corrected chi connectivity index (χ3v) is 8.19. The van der Waals surface area contributed by atoms with Gasteiger partial charge in [0.25, 0.3) is 5.91 Å². The third-order valence-electron chi connectivity index (χ3n) is 8.19. The molecule has 10 heteroatoms. The van der Waals surface area contributed by atoms with Crippen molar-refractivity contribution in [1.29, 1.82) is 0 Å². The van der Waals surface area contributed by atoms with Gasteiger partial charge in [-0.1, -0.05) is 18.9 Å². The van der Waals surface area contributed by atoms with Gasteiger partial charge in [-0.25, -0.2) is 15.4 Å². The number of ether oxygens (including phenoxy) is 1. The monoisotopic (exact) mass is 503 g/mol. The van der Waals surface area contributed by atoms with Crippen LogP contribution >= 0.6 is 0 Å². The third kappa shape index (κ3) is 4.61. The highest BCUT2D eigenvalue weighted by molar-refractivity contribution is 5.97.